The van der Waals surface area contributed by atoms with E-state index in [2.05, 4.69) is 11.8 Å². The zero-order valence-electron chi connectivity index (χ0n) is 13.4. The van der Waals surface area contributed by atoms with Gasteiger partial charge in [0.05, 0.1) is 0 Å². The van der Waals surface area contributed by atoms with E-state index in [1.54, 1.807) is 4.90 Å². The molecule has 3 fully saturated rings. The summed E-state index contributed by atoms with van der Waals surface area (Å²) in [7, 11) is 0. The van der Waals surface area contributed by atoms with E-state index < -0.39 is 0 Å². The molecule has 2 bridgehead atoms. The molecule has 1 amide bonds. The van der Waals surface area contributed by atoms with Crippen LogP contribution in [-0.4, -0.2) is 43.3 Å². The Kier molecular flexibility index (Phi) is 4.98. The van der Waals surface area contributed by atoms with Crippen molar-refractivity contribution < 1.29 is 9.53 Å². The molecule has 120 valence electrons. The standard InChI is InChI=1S/C18H26N2O2/c1-2-3-11-20(16-7-5-4-6-8-16)18(21)22-17-14-19-12-9-15(17)10-13-19/h4-8,15,17H,2-3,9-14H2,1H3. The van der Waals surface area contributed by atoms with Gasteiger partial charge in [0.15, 0.2) is 0 Å². The molecule has 3 heterocycles. The van der Waals surface area contributed by atoms with E-state index >= 15 is 0 Å². The number of nitrogens with zero attached hydrogens (tertiary/aromatic N) is 2. The van der Waals surface area contributed by atoms with Crippen LogP contribution < -0.4 is 4.90 Å². The van der Waals surface area contributed by atoms with Crippen molar-refractivity contribution in [1.29, 1.82) is 0 Å². The highest BCUT2D eigenvalue weighted by molar-refractivity contribution is 5.87. The number of unbranched alkanes of at least 4 members (excludes halogenated alkanes) is 1. The van der Waals surface area contributed by atoms with Crippen LogP contribution in [0.2, 0.25) is 0 Å². The third-order valence-corrected chi connectivity index (χ3v) is 4.87. The van der Waals surface area contributed by atoms with E-state index in [1.807, 2.05) is 30.3 Å². The number of carbonyl (C=O) groups excluding carboxylic acids is 1. The van der Waals surface area contributed by atoms with E-state index in [0.717, 1.165) is 57.5 Å². The van der Waals surface area contributed by atoms with Gasteiger partial charge in [0.25, 0.3) is 0 Å². The largest absolute Gasteiger partial charge is 0.444 e. The van der Waals surface area contributed by atoms with Crippen molar-refractivity contribution in [2.45, 2.75) is 38.7 Å². The normalized spacial score (nSPS) is 26.7. The number of amides is 1. The van der Waals surface area contributed by atoms with Crippen LogP contribution in [0.4, 0.5) is 10.5 Å². The molecule has 0 N–H and O–H groups in total. The van der Waals surface area contributed by atoms with Gasteiger partial charge in [-0.15, -0.1) is 0 Å². The van der Waals surface area contributed by atoms with Crippen molar-refractivity contribution in [3.63, 3.8) is 0 Å². The minimum Gasteiger partial charge on any atom is -0.444 e. The van der Waals surface area contributed by atoms with Gasteiger partial charge in [-0.3, -0.25) is 9.80 Å². The number of hydrogen-bond acceptors (Lipinski definition) is 3. The predicted molar refractivity (Wildman–Crippen MR) is 88.1 cm³/mol. The Balaban J connectivity index is 1.66. The Morgan fingerprint density at radius 2 is 2.00 bits per heavy atom. The quantitative estimate of drug-likeness (QED) is 0.834. The molecule has 1 aromatic carbocycles. The fourth-order valence-electron chi connectivity index (χ4n) is 3.49. The third-order valence-electron chi connectivity index (χ3n) is 4.87. The highest BCUT2D eigenvalue weighted by Crippen LogP contribution is 2.30. The Morgan fingerprint density at radius 1 is 1.27 bits per heavy atom. The van der Waals surface area contributed by atoms with E-state index in [0.29, 0.717) is 5.92 Å². The molecule has 0 saturated carbocycles. The number of piperidine rings is 3. The Morgan fingerprint density at radius 3 is 2.59 bits per heavy atom. The third kappa shape index (κ3) is 3.43. The van der Waals surface area contributed by atoms with Crippen LogP contribution in [0.1, 0.15) is 32.6 Å². The first-order valence-corrected chi connectivity index (χ1v) is 8.53. The lowest BCUT2D eigenvalue weighted by Crippen LogP contribution is -2.53. The fourth-order valence-corrected chi connectivity index (χ4v) is 3.49. The molecule has 4 rings (SSSR count). The highest BCUT2D eigenvalue weighted by Gasteiger charge is 2.37. The van der Waals surface area contributed by atoms with Crippen molar-refractivity contribution in [2.75, 3.05) is 31.1 Å². The maximum absolute atomic E-state index is 12.7. The van der Waals surface area contributed by atoms with Gasteiger partial charge >= 0.3 is 6.09 Å². The molecule has 3 aliphatic heterocycles. The Labute approximate surface area is 133 Å². The minimum absolute atomic E-state index is 0.0721. The first-order valence-electron chi connectivity index (χ1n) is 8.53. The van der Waals surface area contributed by atoms with Gasteiger partial charge in [-0.1, -0.05) is 31.5 Å². The van der Waals surface area contributed by atoms with Gasteiger partial charge in [-0.25, -0.2) is 4.79 Å². The summed E-state index contributed by atoms with van der Waals surface area (Å²) in [6.07, 6.45) is 4.28. The van der Waals surface area contributed by atoms with Crippen molar-refractivity contribution in [3.8, 4) is 0 Å². The first-order chi connectivity index (χ1) is 10.8. The summed E-state index contributed by atoms with van der Waals surface area (Å²) in [6.45, 7) is 6.10. The number of ether oxygens (including phenoxy) is 1. The molecule has 3 aliphatic rings. The van der Waals surface area contributed by atoms with Crippen molar-refractivity contribution in [1.82, 2.24) is 4.90 Å². The van der Waals surface area contributed by atoms with Crippen molar-refractivity contribution >= 4 is 11.8 Å². The molecular formula is C18H26N2O2. The van der Waals surface area contributed by atoms with Crippen LogP contribution in [-0.2, 0) is 4.74 Å². The fraction of sp³-hybridized carbons (Fsp3) is 0.611. The molecule has 4 nitrogen and oxygen atoms in total. The van der Waals surface area contributed by atoms with Gasteiger partial charge in [0.2, 0.25) is 0 Å². The first kappa shape index (κ1) is 15.3. The van der Waals surface area contributed by atoms with Crippen LogP contribution in [0.15, 0.2) is 30.3 Å². The molecule has 0 spiro atoms. The zero-order valence-corrected chi connectivity index (χ0v) is 13.4. The van der Waals surface area contributed by atoms with Gasteiger partial charge in [0.1, 0.15) is 6.10 Å². The monoisotopic (exact) mass is 302 g/mol. The number of fused-ring (bicyclic) bond motifs is 3. The maximum Gasteiger partial charge on any atom is 0.414 e. The van der Waals surface area contributed by atoms with E-state index in [-0.39, 0.29) is 12.2 Å². The van der Waals surface area contributed by atoms with Gasteiger partial charge in [0, 0.05) is 18.8 Å². The van der Waals surface area contributed by atoms with Crippen molar-refractivity contribution in [3.05, 3.63) is 30.3 Å². The number of rotatable bonds is 5. The molecule has 22 heavy (non-hydrogen) atoms. The summed E-state index contributed by atoms with van der Waals surface area (Å²) in [5.74, 6) is 0.553. The topological polar surface area (TPSA) is 32.8 Å². The van der Waals surface area contributed by atoms with Gasteiger partial charge < -0.3 is 4.74 Å². The SMILES string of the molecule is CCCCN(C(=O)OC1CN2CCC1CC2)c1ccccc1. The van der Waals surface area contributed by atoms with E-state index in [9.17, 15) is 4.79 Å². The Hall–Kier alpha value is -1.55. The second kappa shape index (κ2) is 7.14. The molecule has 0 aromatic heterocycles. The zero-order chi connectivity index (χ0) is 15.4. The molecule has 1 unspecified atom stereocenters. The van der Waals surface area contributed by atoms with Crippen LogP contribution in [0.3, 0.4) is 0 Å². The van der Waals surface area contributed by atoms with Gasteiger partial charge in [-0.2, -0.15) is 0 Å². The lowest BCUT2D eigenvalue weighted by molar-refractivity contribution is -0.0310. The van der Waals surface area contributed by atoms with Crippen LogP contribution in [0, 0.1) is 5.92 Å². The maximum atomic E-state index is 12.7. The molecule has 1 atom stereocenters. The number of carbonyl (C=O) groups is 1. The lowest BCUT2D eigenvalue weighted by Gasteiger charge is -2.44. The molecule has 0 radical (unpaired) electrons. The smallest absolute Gasteiger partial charge is 0.414 e. The van der Waals surface area contributed by atoms with Gasteiger partial charge in [-0.05, 0) is 50.4 Å². The predicted octanol–water partition coefficient (Wildman–Crippen LogP) is 3.52. The Bertz CT molecular complexity index is 483. The van der Waals surface area contributed by atoms with E-state index in [1.165, 1.54) is 0 Å². The average molecular weight is 302 g/mol. The average Bonchev–Trinajstić information content (AvgIpc) is 2.57. The minimum atomic E-state index is -0.182. The summed E-state index contributed by atoms with van der Waals surface area (Å²) >= 11 is 0. The summed E-state index contributed by atoms with van der Waals surface area (Å²) in [5, 5.41) is 0. The number of para-hydroxylation sites is 1. The lowest BCUT2D eigenvalue weighted by atomic mass is 9.86. The number of anilines is 1. The summed E-state index contributed by atoms with van der Waals surface area (Å²) < 4.78 is 5.88. The number of benzene rings is 1. The van der Waals surface area contributed by atoms with Crippen LogP contribution >= 0.6 is 0 Å². The van der Waals surface area contributed by atoms with Crippen LogP contribution in [0.5, 0.6) is 0 Å². The summed E-state index contributed by atoms with van der Waals surface area (Å²) in [6, 6.07) is 9.87. The number of hydrogen-bond donors (Lipinski definition) is 0. The molecule has 0 aliphatic carbocycles. The molecule has 3 saturated heterocycles. The van der Waals surface area contributed by atoms with Crippen LogP contribution in [0.25, 0.3) is 0 Å². The molecule has 1 aromatic rings. The molecule has 4 heteroatoms. The molecular weight excluding hydrogens is 276 g/mol. The second-order valence-corrected chi connectivity index (χ2v) is 6.40. The van der Waals surface area contributed by atoms with E-state index in [4.69, 9.17) is 4.74 Å². The second-order valence-electron chi connectivity index (χ2n) is 6.40. The van der Waals surface area contributed by atoms with Crippen molar-refractivity contribution in [2.24, 2.45) is 5.92 Å². The summed E-state index contributed by atoms with van der Waals surface area (Å²) in [5.41, 5.74) is 0.933. The highest BCUT2D eigenvalue weighted by atomic mass is 16.6. The summed E-state index contributed by atoms with van der Waals surface area (Å²) in [4.78, 5) is 16.9.